The summed E-state index contributed by atoms with van der Waals surface area (Å²) < 4.78 is 25.9. The van der Waals surface area contributed by atoms with Crippen molar-refractivity contribution in [1.82, 2.24) is 10.2 Å². The highest BCUT2D eigenvalue weighted by atomic mass is 35.5. The highest BCUT2D eigenvalue weighted by Crippen LogP contribution is 2.25. The van der Waals surface area contributed by atoms with Crippen LogP contribution >= 0.6 is 34.8 Å². The fourth-order valence-electron chi connectivity index (χ4n) is 3.03. The van der Waals surface area contributed by atoms with E-state index in [0.29, 0.717) is 27.2 Å². The van der Waals surface area contributed by atoms with E-state index in [2.05, 4.69) is 5.32 Å². The van der Waals surface area contributed by atoms with Crippen LogP contribution in [0.4, 0.5) is 5.69 Å². The van der Waals surface area contributed by atoms with Gasteiger partial charge in [-0.1, -0.05) is 47.8 Å². The van der Waals surface area contributed by atoms with Crippen LogP contribution in [0.1, 0.15) is 25.8 Å². The number of carbonyl (C=O) groups is 2. The maximum atomic E-state index is 13.4. The van der Waals surface area contributed by atoms with Crippen LogP contribution in [0.25, 0.3) is 0 Å². The average molecular weight is 535 g/mol. The summed E-state index contributed by atoms with van der Waals surface area (Å²) in [7, 11) is -3.81. The van der Waals surface area contributed by atoms with Crippen LogP contribution in [0.3, 0.4) is 0 Å². The Morgan fingerprint density at radius 3 is 2.18 bits per heavy atom. The standard InChI is InChI=1S/C22H26Cl3N3O4S/c1-4-11-26-22(30)15(2)27(13-16-5-6-18(24)12-20(16)25)21(29)14-28(33(3,31)32)19-9-7-17(23)8-10-19/h5-10,12,15H,4,11,13-14H2,1-3H3,(H,26,30)/t15-/m1/s1. The second-order valence-electron chi connectivity index (χ2n) is 7.47. The number of carbonyl (C=O) groups excluding carboxylic acids is 2. The minimum Gasteiger partial charge on any atom is -0.354 e. The van der Waals surface area contributed by atoms with E-state index >= 15 is 0 Å². The number of benzene rings is 2. The van der Waals surface area contributed by atoms with Crippen LogP contribution < -0.4 is 9.62 Å². The number of hydrogen-bond donors (Lipinski definition) is 1. The van der Waals surface area contributed by atoms with Gasteiger partial charge in [0.15, 0.2) is 0 Å². The molecule has 0 aliphatic rings. The van der Waals surface area contributed by atoms with Gasteiger partial charge in [0.25, 0.3) is 0 Å². The van der Waals surface area contributed by atoms with Crippen LogP contribution in [0.5, 0.6) is 0 Å². The first-order chi connectivity index (χ1) is 15.4. The summed E-state index contributed by atoms with van der Waals surface area (Å²) in [5, 5.41) is 3.96. The van der Waals surface area contributed by atoms with Crippen LogP contribution in [0, 0.1) is 0 Å². The molecule has 0 aromatic heterocycles. The molecule has 33 heavy (non-hydrogen) atoms. The van der Waals surface area contributed by atoms with Gasteiger partial charge in [0.05, 0.1) is 11.9 Å². The van der Waals surface area contributed by atoms with Crippen LogP contribution in [0.2, 0.25) is 15.1 Å². The summed E-state index contributed by atoms with van der Waals surface area (Å²) in [5.41, 5.74) is 0.852. The highest BCUT2D eigenvalue weighted by Gasteiger charge is 2.30. The van der Waals surface area contributed by atoms with E-state index in [1.165, 1.54) is 29.2 Å². The summed E-state index contributed by atoms with van der Waals surface area (Å²) >= 11 is 18.2. The largest absolute Gasteiger partial charge is 0.354 e. The zero-order valence-electron chi connectivity index (χ0n) is 18.5. The second kappa shape index (κ2) is 11.9. The molecular weight excluding hydrogens is 509 g/mol. The van der Waals surface area contributed by atoms with Crippen molar-refractivity contribution < 1.29 is 18.0 Å². The molecule has 2 rings (SSSR count). The van der Waals surface area contributed by atoms with Crippen LogP contribution in [-0.4, -0.2) is 50.5 Å². The van der Waals surface area contributed by atoms with Gasteiger partial charge >= 0.3 is 0 Å². The first-order valence-corrected chi connectivity index (χ1v) is 13.2. The Balaban J connectivity index is 2.39. The number of amides is 2. The lowest BCUT2D eigenvalue weighted by Crippen LogP contribution is -2.51. The zero-order valence-corrected chi connectivity index (χ0v) is 21.6. The van der Waals surface area contributed by atoms with Crippen molar-refractivity contribution in [1.29, 1.82) is 0 Å². The third kappa shape index (κ3) is 7.78. The molecule has 2 aromatic carbocycles. The normalized spacial score (nSPS) is 12.2. The van der Waals surface area contributed by atoms with Crippen molar-refractivity contribution in [3.8, 4) is 0 Å². The lowest BCUT2D eigenvalue weighted by atomic mass is 10.1. The third-order valence-electron chi connectivity index (χ3n) is 4.87. The zero-order chi connectivity index (χ0) is 24.8. The fourth-order valence-corrected chi connectivity index (χ4v) is 4.48. The molecule has 0 saturated heterocycles. The van der Waals surface area contributed by atoms with Crippen molar-refractivity contribution in [3.05, 3.63) is 63.1 Å². The lowest BCUT2D eigenvalue weighted by molar-refractivity contribution is -0.139. The molecule has 2 amide bonds. The van der Waals surface area contributed by atoms with Crippen molar-refractivity contribution >= 4 is 62.3 Å². The number of halogens is 3. The van der Waals surface area contributed by atoms with Crippen molar-refractivity contribution in [2.45, 2.75) is 32.9 Å². The van der Waals surface area contributed by atoms with Gasteiger partial charge in [-0.05, 0) is 55.3 Å². The van der Waals surface area contributed by atoms with E-state index in [1.54, 1.807) is 25.1 Å². The van der Waals surface area contributed by atoms with Crippen molar-refractivity contribution in [3.63, 3.8) is 0 Å². The van der Waals surface area contributed by atoms with Crippen LogP contribution in [0.15, 0.2) is 42.5 Å². The van der Waals surface area contributed by atoms with Gasteiger partial charge in [-0.3, -0.25) is 13.9 Å². The van der Waals surface area contributed by atoms with Crippen LogP contribution in [-0.2, 0) is 26.2 Å². The van der Waals surface area contributed by atoms with Gasteiger partial charge in [0, 0.05) is 28.2 Å². The number of rotatable bonds is 10. The molecule has 0 aliphatic heterocycles. The minimum absolute atomic E-state index is 0.00618. The van der Waals surface area contributed by atoms with Crippen molar-refractivity contribution in [2.24, 2.45) is 0 Å². The summed E-state index contributed by atoms with van der Waals surface area (Å²) in [6.45, 7) is 3.44. The number of anilines is 1. The lowest BCUT2D eigenvalue weighted by Gasteiger charge is -2.31. The van der Waals surface area contributed by atoms with Crippen molar-refractivity contribution in [2.75, 3.05) is 23.7 Å². The smallest absolute Gasteiger partial charge is 0.244 e. The molecule has 180 valence electrons. The van der Waals surface area contributed by atoms with E-state index in [9.17, 15) is 18.0 Å². The number of hydrogen-bond acceptors (Lipinski definition) is 4. The maximum Gasteiger partial charge on any atom is 0.244 e. The predicted molar refractivity (Wildman–Crippen MR) is 133 cm³/mol. The van der Waals surface area contributed by atoms with Gasteiger partial charge < -0.3 is 10.2 Å². The summed E-state index contributed by atoms with van der Waals surface area (Å²) in [5.74, 6) is -0.923. The van der Waals surface area contributed by atoms with E-state index in [4.69, 9.17) is 34.8 Å². The Labute approximate surface area is 209 Å². The Morgan fingerprint density at radius 2 is 1.64 bits per heavy atom. The summed E-state index contributed by atoms with van der Waals surface area (Å²) in [4.78, 5) is 27.3. The number of nitrogens with zero attached hydrogens (tertiary/aromatic N) is 2. The average Bonchev–Trinajstić information content (AvgIpc) is 2.74. The van der Waals surface area contributed by atoms with Gasteiger partial charge in [-0.25, -0.2) is 8.42 Å². The monoisotopic (exact) mass is 533 g/mol. The Morgan fingerprint density at radius 1 is 1.03 bits per heavy atom. The molecule has 0 heterocycles. The molecule has 7 nitrogen and oxygen atoms in total. The Bertz CT molecular complexity index is 1090. The molecule has 1 N–H and O–H groups in total. The molecule has 0 aliphatic carbocycles. The molecular formula is C22H26Cl3N3O4S. The van der Waals surface area contributed by atoms with Gasteiger partial charge in [-0.2, -0.15) is 0 Å². The Kier molecular flexibility index (Phi) is 9.84. The number of nitrogens with one attached hydrogen (secondary N) is 1. The maximum absolute atomic E-state index is 13.4. The fraction of sp³-hybridized carbons (Fsp3) is 0.364. The quantitative estimate of drug-likeness (QED) is 0.491. The molecule has 0 spiro atoms. The molecule has 0 saturated carbocycles. The van der Waals surface area contributed by atoms with Gasteiger partial charge in [0.1, 0.15) is 12.6 Å². The summed E-state index contributed by atoms with van der Waals surface area (Å²) in [6, 6.07) is 10.0. The van der Waals surface area contributed by atoms with E-state index in [1.807, 2.05) is 6.92 Å². The molecule has 0 radical (unpaired) electrons. The molecule has 1 atom stereocenters. The molecule has 0 bridgehead atoms. The first-order valence-electron chi connectivity index (χ1n) is 10.2. The van der Waals surface area contributed by atoms with Gasteiger partial charge in [-0.15, -0.1) is 0 Å². The van der Waals surface area contributed by atoms with E-state index in [0.717, 1.165) is 17.0 Å². The topological polar surface area (TPSA) is 86.8 Å². The molecule has 11 heteroatoms. The Hall–Kier alpha value is -2.00. The molecule has 0 fully saturated rings. The minimum atomic E-state index is -3.81. The van der Waals surface area contributed by atoms with E-state index < -0.39 is 28.5 Å². The molecule has 2 aromatic rings. The number of sulfonamides is 1. The van der Waals surface area contributed by atoms with Gasteiger partial charge in [0.2, 0.25) is 21.8 Å². The predicted octanol–water partition coefficient (Wildman–Crippen LogP) is 4.36. The second-order valence-corrected chi connectivity index (χ2v) is 10.7. The van der Waals surface area contributed by atoms with E-state index in [-0.39, 0.29) is 18.1 Å². The first kappa shape index (κ1) is 27.2. The summed E-state index contributed by atoms with van der Waals surface area (Å²) in [6.07, 6.45) is 1.74. The third-order valence-corrected chi connectivity index (χ3v) is 6.85. The highest BCUT2D eigenvalue weighted by molar-refractivity contribution is 7.92. The molecule has 0 unspecified atom stereocenters. The SMILES string of the molecule is CCCNC(=O)[C@@H](C)N(Cc1ccc(Cl)cc1Cl)C(=O)CN(c1ccc(Cl)cc1)S(C)(=O)=O.